The van der Waals surface area contributed by atoms with Crippen LogP contribution in [0.3, 0.4) is 0 Å². The molecule has 0 aromatic heterocycles. The summed E-state index contributed by atoms with van der Waals surface area (Å²) in [6.45, 7) is 0.342. The predicted octanol–water partition coefficient (Wildman–Crippen LogP) is 3.68. The number of rotatable bonds is 5. The van der Waals surface area contributed by atoms with Gasteiger partial charge in [0.2, 0.25) is 0 Å². The maximum atomic E-state index is 10.9. The average Bonchev–Trinajstić information content (AvgIpc) is 2.47. The van der Waals surface area contributed by atoms with E-state index in [2.05, 4.69) is 21.2 Å². The van der Waals surface area contributed by atoms with Crippen LogP contribution in [-0.4, -0.2) is 17.1 Å². The molecule has 0 aliphatic heterocycles. The van der Waals surface area contributed by atoms with Gasteiger partial charge < -0.3 is 15.2 Å². The Labute approximate surface area is 129 Å². The number of hydrogen-bond donors (Lipinski definition) is 2. The Morgan fingerprint density at radius 1 is 1.33 bits per heavy atom. The van der Waals surface area contributed by atoms with E-state index in [1.165, 1.54) is 19.2 Å². The molecule has 0 spiro atoms. The molecule has 0 fully saturated rings. The Morgan fingerprint density at radius 2 is 2.10 bits per heavy atom. The third-order valence-electron chi connectivity index (χ3n) is 2.92. The van der Waals surface area contributed by atoms with E-state index in [4.69, 9.17) is 4.74 Å². The van der Waals surface area contributed by atoms with Gasteiger partial charge in [-0.3, -0.25) is 10.1 Å². The number of benzene rings is 2. The number of phenols is 1. The fraction of sp³-hybridized carbons (Fsp3) is 0.143. The molecule has 7 heteroatoms. The predicted molar refractivity (Wildman–Crippen MR) is 82.8 cm³/mol. The third-order valence-corrected chi connectivity index (χ3v) is 3.59. The van der Waals surface area contributed by atoms with Crippen LogP contribution in [-0.2, 0) is 6.54 Å². The van der Waals surface area contributed by atoms with Crippen molar-refractivity contribution in [3.63, 3.8) is 0 Å². The van der Waals surface area contributed by atoms with E-state index in [1.807, 2.05) is 0 Å². The number of hydrogen-bond acceptors (Lipinski definition) is 5. The van der Waals surface area contributed by atoms with Gasteiger partial charge in [-0.1, -0.05) is 0 Å². The molecule has 0 aliphatic rings. The maximum Gasteiger partial charge on any atom is 0.285 e. The molecule has 2 rings (SSSR count). The van der Waals surface area contributed by atoms with Crippen LogP contribution in [0.25, 0.3) is 0 Å². The van der Waals surface area contributed by atoms with Crippen molar-refractivity contribution in [2.24, 2.45) is 0 Å². The summed E-state index contributed by atoms with van der Waals surface area (Å²) in [5, 5.41) is 23.8. The van der Waals surface area contributed by atoms with Gasteiger partial charge in [0.25, 0.3) is 5.69 Å². The molecule has 21 heavy (non-hydrogen) atoms. The second kappa shape index (κ2) is 6.45. The molecular weight excluding hydrogens is 340 g/mol. The zero-order valence-corrected chi connectivity index (χ0v) is 12.8. The van der Waals surface area contributed by atoms with Gasteiger partial charge in [-0.25, -0.2) is 0 Å². The minimum atomic E-state index is -0.458. The number of nitrogens with one attached hydrogen (secondary N) is 1. The highest BCUT2D eigenvalue weighted by Crippen LogP contribution is 2.29. The topological polar surface area (TPSA) is 84.6 Å². The normalized spacial score (nSPS) is 10.2. The van der Waals surface area contributed by atoms with Gasteiger partial charge in [0.15, 0.2) is 0 Å². The molecule has 0 amide bonds. The van der Waals surface area contributed by atoms with Gasteiger partial charge in [0.1, 0.15) is 11.5 Å². The number of nitro benzene ring substituents is 1. The summed E-state index contributed by atoms with van der Waals surface area (Å²) >= 11 is 3.13. The van der Waals surface area contributed by atoms with Crippen molar-refractivity contribution in [2.45, 2.75) is 6.54 Å². The van der Waals surface area contributed by atoms with Crippen LogP contribution in [0.4, 0.5) is 11.4 Å². The number of ether oxygens (including phenoxy) is 1. The van der Waals surface area contributed by atoms with Crippen LogP contribution in [0.15, 0.2) is 40.9 Å². The Bertz CT molecular complexity index is 676. The largest absolute Gasteiger partial charge is 0.507 e. The smallest absolute Gasteiger partial charge is 0.285 e. The van der Waals surface area contributed by atoms with Gasteiger partial charge in [0.05, 0.1) is 16.5 Å². The summed E-state index contributed by atoms with van der Waals surface area (Å²) in [6.07, 6.45) is 0. The molecule has 0 saturated heterocycles. The van der Waals surface area contributed by atoms with E-state index in [0.717, 1.165) is 0 Å². The van der Waals surface area contributed by atoms with Crippen molar-refractivity contribution in [3.05, 3.63) is 56.5 Å². The lowest BCUT2D eigenvalue weighted by Crippen LogP contribution is -2.01. The lowest BCUT2D eigenvalue weighted by Gasteiger charge is -2.09. The quantitative estimate of drug-likeness (QED) is 0.633. The maximum absolute atomic E-state index is 10.9. The van der Waals surface area contributed by atoms with E-state index in [0.29, 0.717) is 28.0 Å². The number of aromatic hydroxyl groups is 1. The SMILES string of the molecule is COc1ccc(CNc2ccc(Br)c([N+](=O)[O-])c2)c(O)c1. The summed E-state index contributed by atoms with van der Waals surface area (Å²) in [7, 11) is 1.52. The molecule has 2 aromatic carbocycles. The van der Waals surface area contributed by atoms with Crippen molar-refractivity contribution in [2.75, 3.05) is 12.4 Å². The van der Waals surface area contributed by atoms with E-state index in [1.54, 1.807) is 24.3 Å². The summed E-state index contributed by atoms with van der Waals surface area (Å²) < 4.78 is 5.43. The molecule has 0 radical (unpaired) electrons. The van der Waals surface area contributed by atoms with Gasteiger partial charge in [-0.2, -0.15) is 0 Å². The van der Waals surface area contributed by atoms with Crippen LogP contribution >= 0.6 is 15.9 Å². The van der Waals surface area contributed by atoms with E-state index >= 15 is 0 Å². The number of halogens is 1. The first-order valence-corrected chi connectivity index (χ1v) is 6.84. The zero-order valence-electron chi connectivity index (χ0n) is 11.2. The highest BCUT2D eigenvalue weighted by atomic mass is 79.9. The minimum Gasteiger partial charge on any atom is -0.507 e. The first-order valence-electron chi connectivity index (χ1n) is 6.05. The van der Waals surface area contributed by atoms with Crippen LogP contribution < -0.4 is 10.1 Å². The summed E-state index contributed by atoms with van der Waals surface area (Å²) in [6, 6.07) is 9.74. The molecule has 2 N–H and O–H groups in total. The highest BCUT2D eigenvalue weighted by Gasteiger charge is 2.12. The molecule has 6 nitrogen and oxygen atoms in total. The minimum absolute atomic E-state index is 0.0149. The van der Waals surface area contributed by atoms with Gasteiger partial charge in [0, 0.05) is 29.9 Å². The molecule has 0 aliphatic carbocycles. The van der Waals surface area contributed by atoms with E-state index < -0.39 is 4.92 Å². The van der Waals surface area contributed by atoms with Crippen LogP contribution in [0.2, 0.25) is 0 Å². The Kier molecular flexibility index (Phi) is 4.64. The third kappa shape index (κ3) is 3.63. The average molecular weight is 353 g/mol. The fourth-order valence-electron chi connectivity index (χ4n) is 1.78. The number of nitro groups is 1. The molecule has 0 heterocycles. The van der Waals surface area contributed by atoms with Gasteiger partial charge in [-0.05, 0) is 40.2 Å². The first-order chi connectivity index (χ1) is 10.0. The Morgan fingerprint density at radius 3 is 2.71 bits per heavy atom. The summed E-state index contributed by atoms with van der Waals surface area (Å²) in [4.78, 5) is 10.4. The monoisotopic (exact) mass is 352 g/mol. The number of phenolic OH excluding ortho intramolecular Hbond substituents is 1. The number of nitrogens with zero attached hydrogens (tertiary/aromatic N) is 1. The second-order valence-electron chi connectivity index (χ2n) is 4.27. The van der Waals surface area contributed by atoms with E-state index in [-0.39, 0.29) is 11.4 Å². The lowest BCUT2D eigenvalue weighted by molar-refractivity contribution is -0.385. The first kappa shape index (κ1) is 15.1. The molecular formula is C14H13BrN2O4. The van der Waals surface area contributed by atoms with Gasteiger partial charge in [-0.15, -0.1) is 0 Å². The summed E-state index contributed by atoms with van der Waals surface area (Å²) in [5.74, 6) is 0.670. The molecule has 0 unspecified atom stereocenters. The zero-order chi connectivity index (χ0) is 15.4. The van der Waals surface area contributed by atoms with Crippen LogP contribution in [0, 0.1) is 10.1 Å². The van der Waals surface area contributed by atoms with Crippen LogP contribution in [0.5, 0.6) is 11.5 Å². The van der Waals surface area contributed by atoms with Gasteiger partial charge >= 0.3 is 0 Å². The van der Waals surface area contributed by atoms with Crippen molar-refractivity contribution in [1.29, 1.82) is 0 Å². The second-order valence-corrected chi connectivity index (χ2v) is 5.13. The number of methoxy groups -OCH3 is 1. The Balaban J connectivity index is 2.13. The molecule has 0 atom stereocenters. The van der Waals surface area contributed by atoms with Crippen molar-refractivity contribution in [1.82, 2.24) is 0 Å². The highest BCUT2D eigenvalue weighted by molar-refractivity contribution is 9.10. The Hall–Kier alpha value is -2.28. The lowest BCUT2D eigenvalue weighted by atomic mass is 10.2. The fourth-order valence-corrected chi connectivity index (χ4v) is 2.17. The van der Waals surface area contributed by atoms with Crippen molar-refractivity contribution >= 4 is 27.3 Å². The van der Waals surface area contributed by atoms with E-state index in [9.17, 15) is 15.2 Å². The van der Waals surface area contributed by atoms with Crippen molar-refractivity contribution in [3.8, 4) is 11.5 Å². The molecule has 0 bridgehead atoms. The molecule has 110 valence electrons. The summed E-state index contributed by atoms with van der Waals surface area (Å²) in [5.41, 5.74) is 1.25. The molecule has 0 saturated carbocycles. The molecule has 2 aromatic rings. The van der Waals surface area contributed by atoms with Crippen molar-refractivity contribution < 1.29 is 14.8 Å². The number of anilines is 1. The van der Waals surface area contributed by atoms with Crippen LogP contribution in [0.1, 0.15) is 5.56 Å². The standard InChI is InChI=1S/C14H13BrN2O4/c1-21-11-4-2-9(14(18)7-11)8-16-10-3-5-12(15)13(6-10)17(19)20/h2-7,16,18H,8H2,1H3.